The van der Waals surface area contributed by atoms with Gasteiger partial charge in [-0.05, 0) is 50.6 Å². The van der Waals surface area contributed by atoms with Crippen LogP contribution in [0.5, 0.6) is 0 Å². The van der Waals surface area contributed by atoms with Crippen LogP contribution >= 0.6 is 0 Å². The molecule has 1 atom stereocenters. The molecule has 2 amide bonds. The summed E-state index contributed by atoms with van der Waals surface area (Å²) in [5.41, 5.74) is 1.56. The van der Waals surface area contributed by atoms with Crippen LogP contribution in [0.1, 0.15) is 25.8 Å². The zero-order valence-corrected chi connectivity index (χ0v) is 16.3. The summed E-state index contributed by atoms with van der Waals surface area (Å²) in [6.07, 6.45) is 0.736. The number of hydrogen-bond acceptors (Lipinski definition) is 3. The van der Waals surface area contributed by atoms with E-state index in [0.717, 1.165) is 23.7 Å². The molecule has 0 aromatic heterocycles. The lowest BCUT2D eigenvalue weighted by atomic mass is 10.2. The SMILES string of the molecule is CCCN(CC(=O)Nc1ccccc1C)C(C)C(=O)Nc1ccc(F)cc1F. The van der Waals surface area contributed by atoms with Gasteiger partial charge < -0.3 is 10.6 Å². The van der Waals surface area contributed by atoms with Gasteiger partial charge in [-0.3, -0.25) is 14.5 Å². The molecule has 28 heavy (non-hydrogen) atoms. The van der Waals surface area contributed by atoms with Crippen LogP contribution in [0.25, 0.3) is 0 Å². The molecule has 0 spiro atoms. The molecule has 2 aromatic rings. The molecule has 5 nitrogen and oxygen atoms in total. The van der Waals surface area contributed by atoms with Crippen LogP contribution in [-0.2, 0) is 9.59 Å². The Kier molecular flexibility index (Phi) is 7.63. The molecule has 0 aliphatic heterocycles. The molecule has 2 aromatic carbocycles. The van der Waals surface area contributed by atoms with Crippen LogP contribution in [0, 0.1) is 18.6 Å². The summed E-state index contributed by atoms with van der Waals surface area (Å²) in [6, 6.07) is 9.70. The third-order valence-corrected chi connectivity index (χ3v) is 4.39. The Morgan fingerprint density at radius 1 is 1.07 bits per heavy atom. The van der Waals surface area contributed by atoms with E-state index in [-0.39, 0.29) is 18.1 Å². The van der Waals surface area contributed by atoms with Gasteiger partial charge in [-0.15, -0.1) is 0 Å². The van der Waals surface area contributed by atoms with Gasteiger partial charge in [-0.25, -0.2) is 8.78 Å². The molecule has 0 aliphatic carbocycles. The Morgan fingerprint density at radius 2 is 1.79 bits per heavy atom. The Balaban J connectivity index is 2.03. The van der Waals surface area contributed by atoms with E-state index in [2.05, 4.69) is 10.6 Å². The molecule has 2 rings (SSSR count). The molecule has 0 radical (unpaired) electrons. The minimum atomic E-state index is -0.847. The number of carbonyl (C=O) groups excluding carboxylic acids is 2. The lowest BCUT2D eigenvalue weighted by Crippen LogP contribution is -2.46. The second-order valence-electron chi connectivity index (χ2n) is 6.62. The van der Waals surface area contributed by atoms with E-state index < -0.39 is 23.6 Å². The van der Waals surface area contributed by atoms with Crippen molar-refractivity contribution < 1.29 is 18.4 Å². The molecule has 0 fully saturated rings. The first-order valence-electron chi connectivity index (χ1n) is 9.17. The molecule has 150 valence electrons. The number of benzene rings is 2. The highest BCUT2D eigenvalue weighted by molar-refractivity contribution is 5.96. The molecule has 0 bridgehead atoms. The second kappa shape index (κ2) is 9.94. The van der Waals surface area contributed by atoms with Crippen LogP contribution in [0.4, 0.5) is 20.2 Å². The average molecular weight is 389 g/mol. The highest BCUT2D eigenvalue weighted by Gasteiger charge is 2.24. The standard InChI is InChI=1S/C21H25F2N3O2/c1-4-11-26(13-20(27)24-18-8-6-5-7-14(18)2)15(3)21(28)25-19-10-9-16(22)12-17(19)23/h5-10,12,15H,4,11,13H2,1-3H3,(H,24,27)(H,25,28). The van der Waals surface area contributed by atoms with Crippen LogP contribution in [0.15, 0.2) is 42.5 Å². The zero-order valence-electron chi connectivity index (χ0n) is 16.3. The lowest BCUT2D eigenvalue weighted by molar-refractivity contribution is -0.123. The van der Waals surface area contributed by atoms with Crippen molar-refractivity contribution in [1.29, 1.82) is 0 Å². The van der Waals surface area contributed by atoms with Crippen molar-refractivity contribution >= 4 is 23.2 Å². The van der Waals surface area contributed by atoms with Crippen molar-refractivity contribution in [3.8, 4) is 0 Å². The number of carbonyl (C=O) groups is 2. The van der Waals surface area contributed by atoms with Crippen molar-refractivity contribution in [2.75, 3.05) is 23.7 Å². The number of anilines is 2. The van der Waals surface area contributed by atoms with Gasteiger partial charge in [0.2, 0.25) is 11.8 Å². The third-order valence-electron chi connectivity index (χ3n) is 4.39. The summed E-state index contributed by atoms with van der Waals surface area (Å²) in [5.74, 6) is -2.28. The summed E-state index contributed by atoms with van der Waals surface area (Å²) in [5, 5.41) is 5.30. The minimum absolute atomic E-state index is 0.0165. The first-order chi connectivity index (χ1) is 13.3. The predicted molar refractivity (Wildman–Crippen MR) is 106 cm³/mol. The molecule has 0 heterocycles. The fraction of sp³-hybridized carbons (Fsp3) is 0.333. The number of nitrogens with zero attached hydrogens (tertiary/aromatic N) is 1. The maximum atomic E-state index is 13.8. The van der Waals surface area contributed by atoms with E-state index in [1.54, 1.807) is 11.8 Å². The van der Waals surface area contributed by atoms with Crippen molar-refractivity contribution in [3.63, 3.8) is 0 Å². The van der Waals surface area contributed by atoms with Crippen LogP contribution < -0.4 is 10.6 Å². The number of aryl methyl sites for hydroxylation is 1. The van der Waals surface area contributed by atoms with Gasteiger partial charge in [-0.1, -0.05) is 25.1 Å². The lowest BCUT2D eigenvalue weighted by Gasteiger charge is -2.27. The quantitative estimate of drug-likeness (QED) is 0.719. The van der Waals surface area contributed by atoms with E-state index in [9.17, 15) is 18.4 Å². The van der Waals surface area contributed by atoms with E-state index in [0.29, 0.717) is 12.6 Å². The number of hydrogen-bond donors (Lipinski definition) is 2. The molecule has 2 N–H and O–H groups in total. The highest BCUT2D eigenvalue weighted by Crippen LogP contribution is 2.17. The maximum absolute atomic E-state index is 13.8. The number of rotatable bonds is 8. The Labute approximate surface area is 163 Å². The smallest absolute Gasteiger partial charge is 0.241 e. The van der Waals surface area contributed by atoms with E-state index >= 15 is 0 Å². The first kappa shape index (κ1) is 21.5. The largest absolute Gasteiger partial charge is 0.325 e. The van der Waals surface area contributed by atoms with Crippen molar-refractivity contribution in [2.45, 2.75) is 33.2 Å². The molecule has 0 aliphatic rings. The van der Waals surface area contributed by atoms with Crippen molar-refractivity contribution in [1.82, 2.24) is 4.90 Å². The number of amides is 2. The summed E-state index contributed by atoms with van der Waals surface area (Å²) in [7, 11) is 0. The molecular weight excluding hydrogens is 364 g/mol. The fourth-order valence-electron chi connectivity index (χ4n) is 2.78. The Morgan fingerprint density at radius 3 is 2.43 bits per heavy atom. The molecule has 1 unspecified atom stereocenters. The fourth-order valence-corrected chi connectivity index (χ4v) is 2.78. The van der Waals surface area contributed by atoms with Gasteiger partial charge in [0, 0.05) is 11.8 Å². The topological polar surface area (TPSA) is 61.4 Å². The van der Waals surface area contributed by atoms with Crippen molar-refractivity contribution in [2.24, 2.45) is 0 Å². The maximum Gasteiger partial charge on any atom is 0.241 e. The summed E-state index contributed by atoms with van der Waals surface area (Å²) < 4.78 is 26.8. The van der Waals surface area contributed by atoms with Crippen LogP contribution in [0.2, 0.25) is 0 Å². The van der Waals surface area contributed by atoms with Gasteiger partial charge >= 0.3 is 0 Å². The summed E-state index contributed by atoms with van der Waals surface area (Å²) >= 11 is 0. The number of nitrogens with one attached hydrogen (secondary N) is 2. The summed E-state index contributed by atoms with van der Waals surface area (Å²) in [4.78, 5) is 26.7. The molecule has 0 saturated heterocycles. The number of halogens is 2. The van der Waals surface area contributed by atoms with E-state index in [1.165, 1.54) is 6.07 Å². The Hall–Kier alpha value is -2.80. The third kappa shape index (κ3) is 5.85. The molecular formula is C21H25F2N3O2. The first-order valence-corrected chi connectivity index (χ1v) is 9.17. The van der Waals surface area contributed by atoms with E-state index in [1.807, 2.05) is 38.1 Å². The predicted octanol–water partition coefficient (Wildman–Crippen LogP) is 3.95. The second-order valence-corrected chi connectivity index (χ2v) is 6.62. The van der Waals surface area contributed by atoms with Gasteiger partial charge in [0.25, 0.3) is 0 Å². The zero-order chi connectivity index (χ0) is 20.7. The van der Waals surface area contributed by atoms with Crippen LogP contribution in [-0.4, -0.2) is 35.8 Å². The minimum Gasteiger partial charge on any atom is -0.325 e. The number of para-hydroxylation sites is 1. The average Bonchev–Trinajstić information content (AvgIpc) is 2.65. The highest BCUT2D eigenvalue weighted by atomic mass is 19.1. The van der Waals surface area contributed by atoms with Crippen LogP contribution in [0.3, 0.4) is 0 Å². The normalized spacial score (nSPS) is 11.9. The van der Waals surface area contributed by atoms with Gasteiger partial charge in [0.05, 0.1) is 18.3 Å². The Bertz CT molecular complexity index is 842. The van der Waals surface area contributed by atoms with Gasteiger partial charge in [0.15, 0.2) is 0 Å². The summed E-state index contributed by atoms with van der Waals surface area (Å²) in [6.45, 7) is 6.01. The van der Waals surface area contributed by atoms with Gasteiger partial charge in [-0.2, -0.15) is 0 Å². The monoisotopic (exact) mass is 389 g/mol. The van der Waals surface area contributed by atoms with Gasteiger partial charge in [0.1, 0.15) is 11.6 Å². The molecule has 7 heteroatoms. The van der Waals surface area contributed by atoms with Crippen molar-refractivity contribution in [3.05, 3.63) is 59.7 Å². The molecule has 0 saturated carbocycles. The van der Waals surface area contributed by atoms with E-state index in [4.69, 9.17) is 0 Å².